The van der Waals surface area contributed by atoms with E-state index in [4.69, 9.17) is 16.6 Å². The number of nitrogens with zero attached hydrogens (tertiary/aromatic N) is 7. The highest BCUT2D eigenvalue weighted by Crippen LogP contribution is 2.30. The quantitative estimate of drug-likeness (QED) is 0.239. The summed E-state index contributed by atoms with van der Waals surface area (Å²) in [4.78, 5) is 34.3. The van der Waals surface area contributed by atoms with Gasteiger partial charge in [-0.2, -0.15) is 4.68 Å². The number of benzene rings is 3. The first-order valence-corrected chi connectivity index (χ1v) is 13.7. The molecule has 3 heterocycles. The zero-order chi connectivity index (χ0) is 29.9. The Morgan fingerprint density at radius 1 is 1.02 bits per heavy atom. The van der Waals surface area contributed by atoms with Gasteiger partial charge < -0.3 is 14.7 Å². The summed E-state index contributed by atoms with van der Waals surface area (Å²) in [5.41, 5.74) is 4.90. The lowest BCUT2D eigenvalue weighted by Crippen LogP contribution is -2.27. The lowest BCUT2D eigenvalue weighted by molar-refractivity contribution is 0.203. The number of rotatable bonds is 8. The van der Waals surface area contributed by atoms with Crippen molar-refractivity contribution in [2.45, 2.75) is 12.5 Å². The number of amides is 1. The lowest BCUT2D eigenvalue weighted by Gasteiger charge is -2.19. The fraction of sp³-hybridized carbons (Fsp3) is 0.0968. The number of halogens is 1. The number of nitrogens with one attached hydrogen (secondary N) is 1. The van der Waals surface area contributed by atoms with Crippen molar-refractivity contribution in [2.75, 3.05) is 11.9 Å². The third-order valence-corrected chi connectivity index (χ3v) is 7.41. The summed E-state index contributed by atoms with van der Waals surface area (Å²) in [5.74, 6) is 0.609. The maximum Gasteiger partial charge on any atom is 0.411 e. The zero-order valence-corrected chi connectivity index (χ0v) is 23.6. The van der Waals surface area contributed by atoms with Gasteiger partial charge in [0, 0.05) is 53.8 Å². The fourth-order valence-corrected chi connectivity index (χ4v) is 5.08. The largest absolute Gasteiger partial charge is 0.465 e. The predicted octanol–water partition coefficient (Wildman–Crippen LogP) is 5.48. The number of carboxylic acid groups (broad SMARTS) is 1. The van der Waals surface area contributed by atoms with Gasteiger partial charge in [-0.3, -0.25) is 9.69 Å². The summed E-state index contributed by atoms with van der Waals surface area (Å²) in [6.07, 6.45) is 4.50. The van der Waals surface area contributed by atoms with Crippen molar-refractivity contribution in [2.24, 2.45) is 0 Å². The van der Waals surface area contributed by atoms with Crippen LogP contribution in [0.25, 0.3) is 28.1 Å². The number of aromatic nitrogens is 7. The van der Waals surface area contributed by atoms with Gasteiger partial charge in [-0.25, -0.2) is 9.78 Å². The van der Waals surface area contributed by atoms with Gasteiger partial charge in [0.15, 0.2) is 0 Å². The Morgan fingerprint density at radius 2 is 1.81 bits per heavy atom. The average Bonchev–Trinajstić information content (AvgIpc) is 3.74. The normalized spacial score (nSPS) is 11.8. The number of aromatic amines is 1. The molecule has 1 atom stereocenters. The molecule has 6 aromatic rings. The molecule has 0 aliphatic heterocycles. The smallest absolute Gasteiger partial charge is 0.411 e. The highest BCUT2D eigenvalue weighted by Gasteiger charge is 2.21. The fourth-order valence-electron chi connectivity index (χ4n) is 4.91. The number of H-pyrrole nitrogens is 1. The topological polar surface area (TPSA) is 135 Å². The van der Waals surface area contributed by atoms with Crippen molar-refractivity contribution in [3.8, 4) is 28.1 Å². The van der Waals surface area contributed by atoms with E-state index in [2.05, 4.69) is 20.5 Å². The monoisotopic (exact) mass is 592 g/mol. The summed E-state index contributed by atoms with van der Waals surface area (Å²) in [5, 5.41) is 21.2. The number of pyridine rings is 1. The molecular formula is C31H25ClN8O3. The summed E-state index contributed by atoms with van der Waals surface area (Å²) in [6.45, 7) is 0. The number of imidazole rings is 1. The van der Waals surface area contributed by atoms with E-state index in [-0.39, 0.29) is 5.56 Å². The minimum Gasteiger partial charge on any atom is -0.465 e. The van der Waals surface area contributed by atoms with E-state index in [9.17, 15) is 14.7 Å². The molecule has 2 N–H and O–H groups in total. The van der Waals surface area contributed by atoms with E-state index < -0.39 is 12.1 Å². The molecule has 6 rings (SSSR count). The first-order chi connectivity index (χ1) is 20.9. The van der Waals surface area contributed by atoms with Crippen LogP contribution in [0.3, 0.4) is 0 Å². The average molecular weight is 593 g/mol. The molecule has 0 saturated heterocycles. The van der Waals surface area contributed by atoms with E-state index >= 15 is 0 Å². The van der Waals surface area contributed by atoms with Crippen molar-refractivity contribution in [3.63, 3.8) is 0 Å². The van der Waals surface area contributed by atoms with Crippen molar-refractivity contribution in [1.82, 2.24) is 34.7 Å². The van der Waals surface area contributed by atoms with E-state index in [1.165, 1.54) is 18.1 Å². The van der Waals surface area contributed by atoms with E-state index in [0.717, 1.165) is 16.0 Å². The van der Waals surface area contributed by atoms with Crippen LogP contribution in [0.1, 0.15) is 17.4 Å². The Kier molecular flexibility index (Phi) is 7.54. The molecule has 3 aromatic carbocycles. The summed E-state index contributed by atoms with van der Waals surface area (Å²) in [7, 11) is 1.49. The Bertz CT molecular complexity index is 1940. The summed E-state index contributed by atoms with van der Waals surface area (Å²) >= 11 is 6.33. The number of hydrogen-bond acceptors (Lipinski definition) is 6. The molecule has 43 heavy (non-hydrogen) atoms. The van der Waals surface area contributed by atoms with Gasteiger partial charge in [-0.1, -0.05) is 54.1 Å². The van der Waals surface area contributed by atoms with Gasteiger partial charge in [-0.05, 0) is 58.0 Å². The standard InChI is InChI=1S/C31H25ClN8O3/c1-38(31(42)43)24-10-7-21(8-11-24)26-18-33-30(35-26)28(15-20-5-3-2-4-6-20)39-14-13-22(16-29(39)41)25-17-23(32)9-12-27(25)40-19-34-36-37-40/h2-14,16-19,28H,15H2,1H3,(H,33,35)(H,42,43). The summed E-state index contributed by atoms with van der Waals surface area (Å²) < 4.78 is 3.18. The highest BCUT2D eigenvalue weighted by atomic mass is 35.5. The number of hydrogen-bond donors (Lipinski definition) is 2. The van der Waals surface area contributed by atoms with Crippen LogP contribution >= 0.6 is 11.6 Å². The molecule has 214 valence electrons. The van der Waals surface area contributed by atoms with Gasteiger partial charge in [0.2, 0.25) is 0 Å². The predicted molar refractivity (Wildman–Crippen MR) is 163 cm³/mol. The third kappa shape index (κ3) is 5.79. The third-order valence-electron chi connectivity index (χ3n) is 7.17. The molecule has 0 radical (unpaired) electrons. The Hall–Kier alpha value is -5.55. The number of tetrazole rings is 1. The number of carbonyl (C=O) groups is 1. The van der Waals surface area contributed by atoms with Gasteiger partial charge in [0.1, 0.15) is 12.2 Å². The van der Waals surface area contributed by atoms with Crippen LogP contribution in [0.15, 0.2) is 108 Å². The first-order valence-electron chi connectivity index (χ1n) is 13.3. The van der Waals surface area contributed by atoms with Crippen molar-refractivity contribution >= 4 is 23.4 Å². The van der Waals surface area contributed by atoms with Crippen LogP contribution < -0.4 is 10.5 Å². The van der Waals surface area contributed by atoms with Crippen LogP contribution in [0.4, 0.5) is 10.5 Å². The van der Waals surface area contributed by atoms with Gasteiger partial charge >= 0.3 is 6.09 Å². The molecule has 0 bridgehead atoms. The second-order valence-electron chi connectivity index (χ2n) is 9.84. The lowest BCUT2D eigenvalue weighted by atomic mass is 10.0. The first kappa shape index (κ1) is 27.6. The SMILES string of the molecule is CN(C(=O)O)c1ccc(-c2c[nH]c(C(Cc3ccccc3)n3ccc(-c4cc(Cl)ccc4-n4cnnn4)cc3=O)n2)cc1. The van der Waals surface area contributed by atoms with Gasteiger partial charge in [-0.15, -0.1) is 5.10 Å². The molecule has 0 aliphatic rings. The van der Waals surface area contributed by atoms with Gasteiger partial charge in [0.05, 0.1) is 17.4 Å². The Morgan fingerprint density at radius 3 is 2.51 bits per heavy atom. The molecule has 0 saturated carbocycles. The summed E-state index contributed by atoms with van der Waals surface area (Å²) in [6, 6.07) is 25.3. The minimum absolute atomic E-state index is 0.222. The molecule has 0 aliphatic carbocycles. The minimum atomic E-state index is -1.04. The maximum absolute atomic E-state index is 13.7. The molecule has 1 unspecified atom stereocenters. The Balaban J connectivity index is 1.37. The molecule has 0 spiro atoms. The van der Waals surface area contributed by atoms with Crippen molar-refractivity contribution < 1.29 is 9.90 Å². The molecule has 11 nitrogen and oxygen atoms in total. The number of anilines is 1. The second-order valence-corrected chi connectivity index (χ2v) is 10.3. The van der Waals surface area contributed by atoms with Crippen LogP contribution in [0.5, 0.6) is 0 Å². The van der Waals surface area contributed by atoms with Crippen molar-refractivity contribution in [1.29, 1.82) is 0 Å². The molecular weight excluding hydrogens is 568 g/mol. The molecule has 3 aromatic heterocycles. The highest BCUT2D eigenvalue weighted by molar-refractivity contribution is 6.31. The van der Waals surface area contributed by atoms with Crippen LogP contribution in [0.2, 0.25) is 5.02 Å². The van der Waals surface area contributed by atoms with E-state index in [1.54, 1.807) is 53.4 Å². The Labute approximate surface area is 250 Å². The van der Waals surface area contributed by atoms with Crippen LogP contribution in [-0.4, -0.2) is 53.0 Å². The molecule has 1 amide bonds. The molecule has 12 heteroatoms. The zero-order valence-electron chi connectivity index (χ0n) is 22.9. The van der Waals surface area contributed by atoms with Crippen molar-refractivity contribution in [3.05, 3.63) is 130 Å². The van der Waals surface area contributed by atoms with Crippen LogP contribution in [-0.2, 0) is 6.42 Å². The van der Waals surface area contributed by atoms with E-state index in [0.29, 0.717) is 45.5 Å². The second kappa shape index (κ2) is 11.7. The maximum atomic E-state index is 13.7. The van der Waals surface area contributed by atoms with E-state index in [1.807, 2.05) is 48.5 Å². The van der Waals surface area contributed by atoms with Gasteiger partial charge in [0.25, 0.3) is 5.56 Å². The van der Waals surface area contributed by atoms with Crippen LogP contribution in [0, 0.1) is 0 Å². The molecule has 0 fully saturated rings.